The highest BCUT2D eigenvalue weighted by molar-refractivity contribution is 8.23. The lowest BCUT2D eigenvalue weighted by molar-refractivity contribution is -0.139. The molecule has 5 heteroatoms. The second kappa shape index (κ2) is 7.64. The predicted octanol–water partition coefficient (Wildman–Crippen LogP) is 2.48. The zero-order valence-corrected chi connectivity index (χ0v) is 10.1. The smallest absolute Gasteiger partial charge is 0.312 e. The van der Waals surface area contributed by atoms with Crippen molar-refractivity contribution < 1.29 is 9.90 Å². The summed E-state index contributed by atoms with van der Waals surface area (Å²) in [6.07, 6.45) is 1.40. The van der Waals surface area contributed by atoms with Gasteiger partial charge in [-0.05, 0) is 24.3 Å². The van der Waals surface area contributed by atoms with Crippen molar-refractivity contribution >= 4 is 46.8 Å². The Hall–Kier alpha value is 0.260. The summed E-state index contributed by atoms with van der Waals surface area (Å²) in [5.74, 6) is 0.256. The van der Waals surface area contributed by atoms with Crippen LogP contribution >= 0.6 is 36.6 Å². The first-order valence-corrected chi connectivity index (χ1v) is 6.16. The largest absolute Gasteiger partial charge is 0.481 e. The molecule has 1 atom stereocenters. The molecule has 13 heavy (non-hydrogen) atoms. The minimum atomic E-state index is -0.812. The van der Waals surface area contributed by atoms with Gasteiger partial charge in [0.05, 0.1) is 10.1 Å². The highest BCUT2D eigenvalue weighted by Crippen LogP contribution is 2.18. The van der Waals surface area contributed by atoms with Crippen molar-refractivity contribution in [2.24, 2.45) is 5.92 Å². The van der Waals surface area contributed by atoms with E-state index < -0.39 is 11.9 Å². The van der Waals surface area contributed by atoms with E-state index >= 15 is 0 Å². The zero-order valence-electron chi connectivity index (χ0n) is 7.52. The molecular weight excluding hydrogens is 224 g/mol. The van der Waals surface area contributed by atoms with Gasteiger partial charge in [-0.2, -0.15) is 12.6 Å². The lowest BCUT2D eigenvalue weighted by Gasteiger charge is -2.11. The van der Waals surface area contributed by atoms with Crippen LogP contribution in [-0.4, -0.2) is 26.8 Å². The topological polar surface area (TPSA) is 37.3 Å². The quantitative estimate of drug-likeness (QED) is 0.551. The van der Waals surface area contributed by atoms with Crippen LogP contribution in [0.3, 0.4) is 0 Å². The maximum atomic E-state index is 10.8. The summed E-state index contributed by atoms with van der Waals surface area (Å²) >= 11 is 10.5. The Bertz CT molecular complexity index is 182. The minimum absolute atomic E-state index is 0.480. The molecule has 0 radical (unpaired) electrons. The third-order valence-corrected chi connectivity index (χ3v) is 3.33. The Labute approximate surface area is 93.9 Å². The third-order valence-electron chi connectivity index (χ3n) is 1.52. The SMILES string of the molecule is CCSC(=S)C(CCCS)C(=O)O. The van der Waals surface area contributed by atoms with E-state index in [1.165, 1.54) is 11.8 Å². The normalized spacial score (nSPS) is 12.5. The lowest BCUT2D eigenvalue weighted by Crippen LogP contribution is -2.20. The van der Waals surface area contributed by atoms with Gasteiger partial charge in [0, 0.05) is 0 Å². The van der Waals surface area contributed by atoms with E-state index in [1.807, 2.05) is 6.92 Å². The molecule has 0 amide bonds. The molecule has 0 saturated heterocycles. The number of hydrogen-bond donors (Lipinski definition) is 2. The van der Waals surface area contributed by atoms with Crippen LogP contribution in [0.4, 0.5) is 0 Å². The number of thioether (sulfide) groups is 1. The standard InChI is InChI=1S/C8H14O2S3/c1-2-13-8(12)6(7(9)10)4-3-5-11/h6,11H,2-5H2,1H3,(H,9,10). The summed E-state index contributed by atoms with van der Waals surface area (Å²) in [7, 11) is 0. The fourth-order valence-electron chi connectivity index (χ4n) is 0.880. The van der Waals surface area contributed by atoms with Crippen molar-refractivity contribution in [3.05, 3.63) is 0 Å². The molecule has 0 aliphatic rings. The van der Waals surface area contributed by atoms with Gasteiger partial charge in [-0.3, -0.25) is 4.79 Å². The van der Waals surface area contributed by atoms with Gasteiger partial charge in [-0.25, -0.2) is 0 Å². The monoisotopic (exact) mass is 238 g/mol. The number of hydrogen-bond acceptors (Lipinski definition) is 4. The molecule has 0 aromatic rings. The van der Waals surface area contributed by atoms with Crippen LogP contribution in [0.5, 0.6) is 0 Å². The molecule has 1 N–H and O–H groups in total. The van der Waals surface area contributed by atoms with Gasteiger partial charge in [-0.1, -0.05) is 19.1 Å². The number of thiocarbonyl (C=S) groups is 1. The molecule has 0 aliphatic heterocycles. The maximum absolute atomic E-state index is 10.8. The molecule has 0 bridgehead atoms. The van der Waals surface area contributed by atoms with E-state index in [0.29, 0.717) is 16.4 Å². The lowest BCUT2D eigenvalue weighted by atomic mass is 10.1. The first kappa shape index (κ1) is 13.3. The Morgan fingerprint density at radius 3 is 2.69 bits per heavy atom. The molecule has 2 nitrogen and oxygen atoms in total. The van der Waals surface area contributed by atoms with Crippen LogP contribution in [0.1, 0.15) is 19.8 Å². The van der Waals surface area contributed by atoms with E-state index in [2.05, 4.69) is 12.6 Å². The van der Waals surface area contributed by atoms with E-state index in [9.17, 15) is 4.79 Å². The number of carbonyl (C=O) groups is 1. The minimum Gasteiger partial charge on any atom is -0.481 e. The van der Waals surface area contributed by atoms with Crippen LogP contribution in [0, 0.1) is 5.92 Å². The van der Waals surface area contributed by atoms with Gasteiger partial charge < -0.3 is 5.11 Å². The van der Waals surface area contributed by atoms with Gasteiger partial charge in [0.2, 0.25) is 0 Å². The molecule has 0 heterocycles. The van der Waals surface area contributed by atoms with Gasteiger partial charge in [0.15, 0.2) is 0 Å². The molecule has 1 unspecified atom stereocenters. The Morgan fingerprint density at radius 2 is 2.31 bits per heavy atom. The summed E-state index contributed by atoms with van der Waals surface area (Å²) < 4.78 is 0.594. The second-order valence-corrected chi connectivity index (χ2v) is 4.96. The molecule has 0 aliphatic carbocycles. The average Bonchev–Trinajstić information content (AvgIpc) is 2.05. The summed E-state index contributed by atoms with van der Waals surface area (Å²) in [4.78, 5) is 10.8. The van der Waals surface area contributed by atoms with Crippen LogP contribution in [0.2, 0.25) is 0 Å². The van der Waals surface area contributed by atoms with E-state index in [0.717, 1.165) is 12.2 Å². The van der Waals surface area contributed by atoms with E-state index in [-0.39, 0.29) is 0 Å². The average molecular weight is 238 g/mol. The van der Waals surface area contributed by atoms with Crippen molar-refractivity contribution in [3.8, 4) is 0 Å². The Kier molecular flexibility index (Phi) is 7.80. The Morgan fingerprint density at radius 1 is 1.69 bits per heavy atom. The molecule has 0 fully saturated rings. The summed E-state index contributed by atoms with van der Waals surface area (Å²) in [6.45, 7) is 1.97. The van der Waals surface area contributed by atoms with Gasteiger partial charge in [-0.15, -0.1) is 11.8 Å². The number of carboxylic acid groups (broad SMARTS) is 1. The van der Waals surface area contributed by atoms with Crippen LogP contribution < -0.4 is 0 Å². The first-order valence-electron chi connectivity index (χ1n) is 4.13. The van der Waals surface area contributed by atoms with Crippen molar-refractivity contribution in [1.82, 2.24) is 0 Å². The number of carboxylic acids is 1. The summed E-state index contributed by atoms with van der Waals surface area (Å²) in [5, 5.41) is 8.87. The van der Waals surface area contributed by atoms with Crippen LogP contribution in [-0.2, 0) is 4.79 Å². The number of rotatable bonds is 6. The van der Waals surface area contributed by atoms with Gasteiger partial charge in [0.1, 0.15) is 0 Å². The molecule has 0 rings (SSSR count). The fraction of sp³-hybridized carbons (Fsp3) is 0.750. The second-order valence-electron chi connectivity index (χ2n) is 2.51. The zero-order chi connectivity index (χ0) is 10.3. The third kappa shape index (κ3) is 5.54. The number of aliphatic carboxylic acids is 1. The highest BCUT2D eigenvalue weighted by Gasteiger charge is 2.21. The molecule has 76 valence electrons. The maximum Gasteiger partial charge on any atom is 0.312 e. The van der Waals surface area contributed by atoms with Crippen LogP contribution in [0.25, 0.3) is 0 Å². The Balaban J connectivity index is 4.07. The van der Waals surface area contributed by atoms with Gasteiger partial charge in [0.25, 0.3) is 0 Å². The van der Waals surface area contributed by atoms with Crippen molar-refractivity contribution in [2.45, 2.75) is 19.8 Å². The van der Waals surface area contributed by atoms with E-state index in [1.54, 1.807) is 0 Å². The summed E-state index contributed by atoms with van der Waals surface area (Å²) in [5.41, 5.74) is 0. The van der Waals surface area contributed by atoms with Crippen molar-refractivity contribution in [2.75, 3.05) is 11.5 Å². The van der Waals surface area contributed by atoms with E-state index in [4.69, 9.17) is 17.3 Å². The van der Waals surface area contributed by atoms with Crippen LogP contribution in [0.15, 0.2) is 0 Å². The van der Waals surface area contributed by atoms with Crippen molar-refractivity contribution in [3.63, 3.8) is 0 Å². The molecule has 0 spiro atoms. The van der Waals surface area contributed by atoms with Gasteiger partial charge >= 0.3 is 5.97 Å². The molecule has 0 aromatic heterocycles. The molecular formula is C8H14O2S3. The predicted molar refractivity (Wildman–Crippen MR) is 64.9 cm³/mol. The molecule has 0 saturated carbocycles. The van der Waals surface area contributed by atoms with Crippen molar-refractivity contribution in [1.29, 1.82) is 0 Å². The fourth-order valence-corrected chi connectivity index (χ4v) is 2.34. The first-order chi connectivity index (χ1) is 6.13. The highest BCUT2D eigenvalue weighted by atomic mass is 32.2. The summed E-state index contributed by atoms with van der Waals surface area (Å²) in [6, 6.07) is 0. The molecule has 0 aromatic carbocycles. The number of thiol groups is 1.